The van der Waals surface area contributed by atoms with Crippen molar-refractivity contribution in [3.8, 4) is 5.75 Å². The number of ether oxygens (including phenoxy) is 1. The van der Waals surface area contributed by atoms with E-state index in [4.69, 9.17) is 9.84 Å². The van der Waals surface area contributed by atoms with Crippen molar-refractivity contribution in [1.82, 2.24) is 9.91 Å². The number of carbonyl (C=O) groups is 1. The summed E-state index contributed by atoms with van der Waals surface area (Å²) in [4.78, 5) is 15.1. The second-order valence-electron chi connectivity index (χ2n) is 6.79. The van der Waals surface area contributed by atoms with Gasteiger partial charge in [-0.05, 0) is 38.9 Å². The molecule has 0 saturated carbocycles. The van der Waals surface area contributed by atoms with Crippen LogP contribution >= 0.6 is 0 Å². The van der Waals surface area contributed by atoms with E-state index in [0.717, 1.165) is 24.4 Å². The molecule has 0 radical (unpaired) electrons. The third-order valence-electron chi connectivity index (χ3n) is 5.53. The molecule has 4 aliphatic heterocycles. The fourth-order valence-electron chi connectivity index (χ4n) is 4.41. The molecule has 5 nitrogen and oxygen atoms in total. The lowest BCUT2D eigenvalue weighted by atomic mass is 9.78. The van der Waals surface area contributed by atoms with E-state index in [1.165, 1.54) is 18.6 Å². The molecule has 0 aliphatic carbocycles. The van der Waals surface area contributed by atoms with Crippen LogP contribution in [0.3, 0.4) is 0 Å². The number of rotatable bonds is 4. The summed E-state index contributed by atoms with van der Waals surface area (Å²) in [6, 6.07) is 8.27. The van der Waals surface area contributed by atoms with Crippen molar-refractivity contribution in [3.05, 3.63) is 29.8 Å². The highest BCUT2D eigenvalue weighted by molar-refractivity contribution is 5.97. The van der Waals surface area contributed by atoms with E-state index < -0.39 is 0 Å². The molecule has 2 bridgehead atoms. The average molecular weight is 327 g/mol. The van der Waals surface area contributed by atoms with Crippen LogP contribution in [0.2, 0.25) is 0 Å². The average Bonchev–Trinajstić information content (AvgIpc) is 3.05. The van der Waals surface area contributed by atoms with Crippen LogP contribution in [0.4, 0.5) is 0 Å². The molecule has 3 fully saturated rings. The van der Waals surface area contributed by atoms with E-state index >= 15 is 0 Å². The first-order valence-electron chi connectivity index (χ1n) is 9.10. The zero-order valence-electron chi connectivity index (χ0n) is 14.4. The van der Waals surface area contributed by atoms with Crippen LogP contribution in [0.1, 0.15) is 44.7 Å². The van der Waals surface area contributed by atoms with Crippen molar-refractivity contribution >= 4 is 11.6 Å². The number of nitrogens with zero attached hydrogens (tertiary/aromatic N) is 3. The van der Waals surface area contributed by atoms with Gasteiger partial charge < -0.3 is 4.74 Å². The minimum Gasteiger partial charge on any atom is -0.494 e. The first-order valence-corrected chi connectivity index (χ1v) is 9.10. The van der Waals surface area contributed by atoms with Crippen molar-refractivity contribution in [3.63, 3.8) is 0 Å². The number of piperidine rings is 3. The predicted molar refractivity (Wildman–Crippen MR) is 93.0 cm³/mol. The Labute approximate surface area is 143 Å². The topological polar surface area (TPSA) is 45.1 Å². The summed E-state index contributed by atoms with van der Waals surface area (Å²) in [5, 5.41) is 6.57. The molecule has 128 valence electrons. The van der Waals surface area contributed by atoms with Gasteiger partial charge in [0.25, 0.3) is 0 Å². The molecule has 1 aromatic carbocycles. The number of benzene rings is 1. The number of hydrogen-bond donors (Lipinski definition) is 0. The van der Waals surface area contributed by atoms with Gasteiger partial charge in [0.05, 0.1) is 18.4 Å². The molecule has 2 unspecified atom stereocenters. The normalized spacial score (nSPS) is 30.9. The van der Waals surface area contributed by atoms with E-state index in [9.17, 15) is 4.79 Å². The molecule has 1 aromatic rings. The van der Waals surface area contributed by atoms with Crippen LogP contribution < -0.4 is 4.74 Å². The lowest BCUT2D eigenvalue weighted by Gasteiger charge is -2.46. The van der Waals surface area contributed by atoms with Gasteiger partial charge in [0.15, 0.2) is 0 Å². The third kappa shape index (κ3) is 2.34. The third-order valence-corrected chi connectivity index (χ3v) is 5.53. The van der Waals surface area contributed by atoms with E-state index in [-0.39, 0.29) is 18.0 Å². The van der Waals surface area contributed by atoms with Crippen LogP contribution in [0, 0.1) is 5.92 Å². The van der Waals surface area contributed by atoms with Crippen molar-refractivity contribution in [2.75, 3.05) is 19.7 Å². The number of amides is 1. The minimum absolute atomic E-state index is 0.0571. The highest BCUT2D eigenvalue weighted by Gasteiger charge is 2.51. The Kier molecular flexibility index (Phi) is 4.04. The molecule has 2 atom stereocenters. The van der Waals surface area contributed by atoms with Crippen LogP contribution in [-0.4, -0.2) is 47.3 Å². The van der Waals surface area contributed by atoms with Gasteiger partial charge >= 0.3 is 0 Å². The zero-order valence-corrected chi connectivity index (χ0v) is 14.4. The molecule has 24 heavy (non-hydrogen) atoms. The monoisotopic (exact) mass is 327 g/mol. The maximum atomic E-state index is 12.6. The van der Waals surface area contributed by atoms with Crippen molar-refractivity contribution in [1.29, 1.82) is 0 Å². The van der Waals surface area contributed by atoms with Gasteiger partial charge in [-0.1, -0.05) is 25.1 Å². The maximum absolute atomic E-state index is 12.6. The number of hydrogen-bond acceptors (Lipinski definition) is 4. The van der Waals surface area contributed by atoms with Crippen LogP contribution in [-0.2, 0) is 4.79 Å². The number of carbonyl (C=O) groups excluding carboxylic acids is 1. The van der Waals surface area contributed by atoms with E-state index in [0.29, 0.717) is 18.9 Å². The Morgan fingerprint density at radius 2 is 1.96 bits per heavy atom. The second kappa shape index (κ2) is 6.20. The van der Waals surface area contributed by atoms with Gasteiger partial charge in [-0.3, -0.25) is 9.69 Å². The van der Waals surface area contributed by atoms with E-state index in [1.54, 1.807) is 5.01 Å². The lowest BCUT2D eigenvalue weighted by Crippen LogP contribution is -2.56. The summed E-state index contributed by atoms with van der Waals surface area (Å²) in [5.74, 6) is 1.50. The predicted octanol–water partition coefficient (Wildman–Crippen LogP) is 2.83. The Balaban J connectivity index is 1.78. The lowest BCUT2D eigenvalue weighted by molar-refractivity contribution is -0.133. The minimum atomic E-state index is -0.0571. The molecule has 5 heteroatoms. The van der Waals surface area contributed by atoms with E-state index in [1.807, 2.05) is 32.0 Å². The Hall–Kier alpha value is -1.88. The number of hydrazone groups is 1. The van der Waals surface area contributed by atoms with Crippen molar-refractivity contribution < 1.29 is 9.53 Å². The largest absolute Gasteiger partial charge is 0.494 e. The van der Waals surface area contributed by atoms with Crippen LogP contribution in [0.15, 0.2) is 29.4 Å². The summed E-state index contributed by atoms with van der Waals surface area (Å²) in [5.41, 5.74) is 2.29. The summed E-state index contributed by atoms with van der Waals surface area (Å²) in [7, 11) is 0. The van der Waals surface area contributed by atoms with Gasteiger partial charge in [0.2, 0.25) is 5.91 Å². The fourth-order valence-corrected chi connectivity index (χ4v) is 4.41. The number of para-hydroxylation sites is 1. The van der Waals surface area contributed by atoms with Crippen molar-refractivity contribution in [2.45, 2.75) is 45.2 Å². The molecule has 0 N–H and O–H groups in total. The molecule has 0 aromatic heterocycles. The Bertz CT molecular complexity index is 664. The van der Waals surface area contributed by atoms with Gasteiger partial charge in [-0.2, -0.15) is 5.10 Å². The molecule has 4 aliphatic rings. The van der Waals surface area contributed by atoms with Gasteiger partial charge in [0.1, 0.15) is 11.8 Å². The highest BCUT2D eigenvalue weighted by Crippen LogP contribution is 2.45. The molecular weight excluding hydrogens is 302 g/mol. The molecule has 4 heterocycles. The zero-order chi connectivity index (χ0) is 16.7. The summed E-state index contributed by atoms with van der Waals surface area (Å²) in [6.07, 6.45) is 2.81. The molecule has 5 rings (SSSR count). The van der Waals surface area contributed by atoms with Crippen LogP contribution in [0.5, 0.6) is 5.75 Å². The van der Waals surface area contributed by atoms with Gasteiger partial charge in [-0.15, -0.1) is 0 Å². The molecule has 3 saturated heterocycles. The smallest absolute Gasteiger partial charge is 0.243 e. The Morgan fingerprint density at radius 1 is 1.21 bits per heavy atom. The first-order chi connectivity index (χ1) is 11.7. The summed E-state index contributed by atoms with van der Waals surface area (Å²) < 4.78 is 5.86. The maximum Gasteiger partial charge on any atom is 0.243 e. The number of fused-ring (bicyclic) bond motifs is 2. The SMILES string of the molecule is CCOc1ccccc1C1C2C(=NN1C(=O)CC)C1CCN2CC1. The van der Waals surface area contributed by atoms with Gasteiger partial charge in [0, 0.05) is 17.9 Å². The summed E-state index contributed by atoms with van der Waals surface area (Å²) in [6.45, 7) is 6.74. The quantitative estimate of drug-likeness (QED) is 0.854. The molecular formula is C19H25N3O2. The molecule has 1 amide bonds. The van der Waals surface area contributed by atoms with Crippen molar-refractivity contribution in [2.24, 2.45) is 11.0 Å². The Morgan fingerprint density at radius 3 is 2.67 bits per heavy atom. The molecule has 0 spiro atoms. The van der Waals surface area contributed by atoms with Gasteiger partial charge in [-0.25, -0.2) is 5.01 Å². The first kappa shape index (κ1) is 15.6. The standard InChI is InChI=1S/C19H25N3O2/c1-3-16(23)22-18(14-7-5-6-8-15(14)24-4-2)19-17(20-22)13-9-11-21(19)12-10-13/h5-8,13,18-19H,3-4,9-12H2,1-2H3. The van der Waals surface area contributed by atoms with E-state index in [2.05, 4.69) is 11.0 Å². The summed E-state index contributed by atoms with van der Waals surface area (Å²) >= 11 is 0. The fraction of sp³-hybridized carbons (Fsp3) is 0.579. The van der Waals surface area contributed by atoms with Crippen LogP contribution in [0.25, 0.3) is 0 Å². The second-order valence-corrected chi connectivity index (χ2v) is 6.79. The highest BCUT2D eigenvalue weighted by atomic mass is 16.5.